The quantitative estimate of drug-likeness (QED) is 0.0823. The summed E-state index contributed by atoms with van der Waals surface area (Å²) in [5.74, 6) is -0.269. The SMILES string of the molecule is CN1CCC(Nc2ccc(S(=O)(=O)NC(=O)c3ccc(N4CCN(CC5=C(c6ccc(Cl)cc6)CC(C)(C)C5)CC4)cc3Oc3cccc4[nH]ccc34)cc2[N+](=O)[O-])CC1. The van der Waals surface area contributed by atoms with E-state index in [4.69, 9.17) is 16.3 Å². The number of nitro benzene ring substituents is 1. The predicted molar refractivity (Wildman–Crippen MR) is 237 cm³/mol. The Balaban J connectivity index is 1.02. The number of amides is 1. The van der Waals surface area contributed by atoms with Crippen LogP contribution in [0.5, 0.6) is 11.5 Å². The maximum absolute atomic E-state index is 14.0. The fraction of sp³-hybridized carbons (Fsp3) is 0.356. The van der Waals surface area contributed by atoms with Crippen molar-refractivity contribution in [3.05, 3.63) is 123 Å². The van der Waals surface area contributed by atoms with Crippen molar-refractivity contribution in [3.63, 3.8) is 0 Å². The molecule has 1 aromatic heterocycles. The van der Waals surface area contributed by atoms with Crippen LogP contribution in [0.1, 0.15) is 55.5 Å². The summed E-state index contributed by atoms with van der Waals surface area (Å²) in [6.07, 6.45) is 5.45. The molecule has 314 valence electrons. The molecule has 0 atom stereocenters. The number of likely N-dealkylation sites (tertiary alicyclic amines) is 1. The molecule has 60 heavy (non-hydrogen) atoms. The summed E-state index contributed by atoms with van der Waals surface area (Å²) >= 11 is 6.21. The van der Waals surface area contributed by atoms with Crippen LogP contribution < -0.4 is 19.7 Å². The van der Waals surface area contributed by atoms with Gasteiger partial charge in [0.25, 0.3) is 21.6 Å². The Hall–Kier alpha value is -5.41. The van der Waals surface area contributed by atoms with E-state index in [2.05, 4.69) is 55.7 Å². The number of ether oxygens (including phenoxy) is 1. The number of anilines is 2. The number of carbonyl (C=O) groups excluding carboxylic acids is 1. The van der Waals surface area contributed by atoms with Gasteiger partial charge in [0.05, 0.1) is 15.4 Å². The molecule has 8 rings (SSSR count). The van der Waals surface area contributed by atoms with Crippen molar-refractivity contribution in [1.29, 1.82) is 0 Å². The van der Waals surface area contributed by atoms with Crippen molar-refractivity contribution in [2.45, 2.75) is 50.5 Å². The van der Waals surface area contributed by atoms with E-state index in [-0.39, 0.29) is 34.1 Å². The zero-order chi connectivity index (χ0) is 42.2. The zero-order valence-corrected chi connectivity index (χ0v) is 35.6. The lowest BCUT2D eigenvalue weighted by molar-refractivity contribution is -0.384. The molecule has 0 spiro atoms. The molecule has 1 aliphatic carbocycles. The molecule has 3 heterocycles. The lowest BCUT2D eigenvalue weighted by atomic mass is 9.88. The fourth-order valence-corrected chi connectivity index (χ4v) is 9.81. The number of piperazine rings is 1. The van der Waals surface area contributed by atoms with Crippen LogP contribution in [0, 0.1) is 15.5 Å². The molecule has 4 aromatic carbocycles. The lowest BCUT2D eigenvalue weighted by Gasteiger charge is -2.37. The van der Waals surface area contributed by atoms with Gasteiger partial charge in [0, 0.05) is 78.7 Å². The van der Waals surface area contributed by atoms with E-state index in [9.17, 15) is 23.3 Å². The number of aromatic amines is 1. The average molecular weight is 852 g/mol. The fourth-order valence-electron chi connectivity index (χ4n) is 8.70. The van der Waals surface area contributed by atoms with Crippen LogP contribution >= 0.6 is 11.6 Å². The molecule has 15 heteroatoms. The van der Waals surface area contributed by atoms with Crippen LogP contribution in [0.2, 0.25) is 5.02 Å². The van der Waals surface area contributed by atoms with Crippen LogP contribution in [0.25, 0.3) is 16.5 Å². The molecule has 0 unspecified atom stereocenters. The smallest absolute Gasteiger partial charge is 0.293 e. The van der Waals surface area contributed by atoms with Gasteiger partial charge in [-0.3, -0.25) is 19.8 Å². The molecule has 0 radical (unpaired) electrons. The predicted octanol–water partition coefficient (Wildman–Crippen LogP) is 8.54. The molecule has 0 bridgehead atoms. The second kappa shape index (κ2) is 16.9. The van der Waals surface area contributed by atoms with E-state index in [1.54, 1.807) is 30.5 Å². The lowest BCUT2D eigenvalue weighted by Crippen LogP contribution is -2.47. The number of fused-ring (bicyclic) bond motifs is 1. The minimum absolute atomic E-state index is 0.00549. The Kier molecular flexibility index (Phi) is 11.7. The Bertz CT molecular complexity index is 2560. The molecule has 2 aliphatic heterocycles. The normalized spacial score (nSPS) is 17.9. The molecule has 2 saturated heterocycles. The molecule has 0 saturated carbocycles. The molecular weight excluding hydrogens is 802 g/mol. The summed E-state index contributed by atoms with van der Waals surface area (Å²) in [5.41, 5.74) is 5.79. The van der Waals surface area contributed by atoms with Crippen LogP contribution in [-0.4, -0.2) is 92.9 Å². The number of halogens is 1. The number of H-pyrrole nitrogens is 1. The second-order valence-electron chi connectivity index (χ2n) is 16.9. The number of allylic oxidation sites excluding steroid dienone is 1. The summed E-state index contributed by atoms with van der Waals surface area (Å²) in [6, 6.07) is 24.4. The van der Waals surface area contributed by atoms with Crippen LogP contribution in [0.3, 0.4) is 0 Å². The number of nitrogens with zero attached hydrogens (tertiary/aromatic N) is 4. The van der Waals surface area contributed by atoms with Crippen molar-refractivity contribution >= 4 is 61.1 Å². The Morgan fingerprint density at radius 1 is 0.933 bits per heavy atom. The maximum Gasteiger partial charge on any atom is 0.293 e. The molecule has 13 nitrogen and oxygen atoms in total. The third kappa shape index (κ3) is 9.16. The summed E-state index contributed by atoms with van der Waals surface area (Å²) in [5, 5.41) is 16.9. The summed E-state index contributed by atoms with van der Waals surface area (Å²) < 4.78 is 36.0. The van der Waals surface area contributed by atoms with Crippen LogP contribution in [-0.2, 0) is 10.0 Å². The molecule has 1 amide bonds. The van der Waals surface area contributed by atoms with Crippen molar-refractivity contribution in [3.8, 4) is 11.5 Å². The highest BCUT2D eigenvalue weighted by molar-refractivity contribution is 7.90. The van der Waals surface area contributed by atoms with E-state index >= 15 is 0 Å². The van der Waals surface area contributed by atoms with E-state index in [0.29, 0.717) is 5.75 Å². The molecular formula is C45H50ClN7O6S. The Morgan fingerprint density at radius 3 is 2.42 bits per heavy atom. The van der Waals surface area contributed by atoms with Gasteiger partial charge in [-0.2, -0.15) is 0 Å². The first-order chi connectivity index (χ1) is 28.7. The monoisotopic (exact) mass is 851 g/mol. The second-order valence-corrected chi connectivity index (χ2v) is 19.1. The highest BCUT2D eigenvalue weighted by Gasteiger charge is 2.33. The number of rotatable bonds is 12. The van der Waals surface area contributed by atoms with Gasteiger partial charge in [0.2, 0.25) is 0 Å². The average Bonchev–Trinajstić information content (AvgIpc) is 3.83. The van der Waals surface area contributed by atoms with Crippen molar-refractivity contribution in [2.75, 3.05) is 63.1 Å². The summed E-state index contributed by atoms with van der Waals surface area (Å²) in [7, 11) is -2.52. The first-order valence-corrected chi connectivity index (χ1v) is 22.2. The van der Waals surface area contributed by atoms with Gasteiger partial charge in [-0.1, -0.05) is 49.2 Å². The van der Waals surface area contributed by atoms with Gasteiger partial charge in [-0.15, -0.1) is 0 Å². The third-order valence-corrected chi connectivity index (χ3v) is 13.5. The molecule has 2 fully saturated rings. The summed E-state index contributed by atoms with van der Waals surface area (Å²) in [6.45, 7) is 10.4. The molecule has 3 aliphatic rings. The van der Waals surface area contributed by atoms with Gasteiger partial charge < -0.3 is 24.8 Å². The van der Waals surface area contributed by atoms with Gasteiger partial charge >= 0.3 is 0 Å². The minimum Gasteiger partial charge on any atom is -0.456 e. The number of aromatic nitrogens is 1. The molecule has 5 aromatic rings. The minimum atomic E-state index is -4.54. The number of hydrogen-bond donors (Lipinski definition) is 3. The van der Waals surface area contributed by atoms with E-state index in [0.717, 1.165) is 99.2 Å². The highest BCUT2D eigenvalue weighted by atomic mass is 35.5. The van der Waals surface area contributed by atoms with Crippen molar-refractivity contribution < 1.29 is 22.9 Å². The van der Waals surface area contributed by atoms with E-state index in [1.165, 1.54) is 28.8 Å². The number of hydrogen-bond acceptors (Lipinski definition) is 10. The van der Waals surface area contributed by atoms with Crippen LogP contribution in [0.15, 0.2) is 102 Å². The first-order valence-electron chi connectivity index (χ1n) is 20.3. The van der Waals surface area contributed by atoms with Gasteiger partial charge in [0.15, 0.2) is 0 Å². The number of nitrogens with one attached hydrogen (secondary N) is 3. The van der Waals surface area contributed by atoms with Gasteiger partial charge in [-0.05, 0) is 117 Å². The van der Waals surface area contributed by atoms with E-state index < -0.39 is 25.7 Å². The number of piperidine rings is 1. The first kappa shape index (κ1) is 41.3. The van der Waals surface area contributed by atoms with E-state index in [1.807, 2.05) is 37.4 Å². The van der Waals surface area contributed by atoms with Crippen molar-refractivity contribution in [2.24, 2.45) is 5.41 Å². The zero-order valence-electron chi connectivity index (χ0n) is 34.0. The Labute approximate surface area is 355 Å². The number of carbonyl (C=O) groups is 1. The van der Waals surface area contributed by atoms with Crippen molar-refractivity contribution in [1.82, 2.24) is 19.5 Å². The largest absolute Gasteiger partial charge is 0.456 e. The third-order valence-electron chi connectivity index (χ3n) is 11.9. The Morgan fingerprint density at radius 2 is 1.68 bits per heavy atom. The van der Waals surface area contributed by atoms with Gasteiger partial charge in [0.1, 0.15) is 17.2 Å². The van der Waals surface area contributed by atoms with Crippen LogP contribution in [0.4, 0.5) is 17.1 Å². The molecule has 3 N–H and O–H groups in total. The standard InChI is InChI=1S/C45H50ClN7O6S/c1-45(2)27-31(38(28-45)30-7-9-32(46)10-8-30)29-51-21-23-52(24-22-51)34-11-13-37(43(25-34)59-42-6-4-5-39-36(42)15-18-47-39)44(54)49-60(57,58)35-12-14-40(41(26-35)53(55)56)48-33-16-19-50(3)20-17-33/h4-15,18,25-26,33,47-48H,16-17,19-24,27-29H2,1-3H3,(H,49,54). The summed E-state index contributed by atoms with van der Waals surface area (Å²) in [4.78, 5) is 35.2. The maximum atomic E-state index is 14.0. The van der Waals surface area contributed by atoms with Gasteiger partial charge in [-0.25, -0.2) is 13.1 Å². The number of benzene rings is 4. The topological polar surface area (TPSA) is 153 Å². The number of sulfonamides is 1. The number of nitro groups is 1. The highest BCUT2D eigenvalue weighted by Crippen LogP contribution is 2.46.